The van der Waals surface area contributed by atoms with Gasteiger partial charge in [-0.3, -0.25) is 4.98 Å². The number of likely N-dealkylation sites (N-methyl/N-ethyl adjacent to an activating group) is 1. The fourth-order valence-electron chi connectivity index (χ4n) is 3.09. The van der Waals surface area contributed by atoms with Crippen LogP contribution in [0.1, 0.15) is 5.69 Å². The molecule has 4 rings (SSSR count). The number of benzene rings is 1. The molecule has 1 aliphatic rings. The Morgan fingerprint density at radius 3 is 2.74 bits per heavy atom. The van der Waals surface area contributed by atoms with Crippen LogP contribution >= 0.6 is 0 Å². The fourth-order valence-corrected chi connectivity index (χ4v) is 4.69. The summed E-state index contributed by atoms with van der Waals surface area (Å²) in [6.45, 7) is 1.25. The monoisotopic (exact) mass is 384 g/mol. The summed E-state index contributed by atoms with van der Waals surface area (Å²) in [6, 6.07) is 9.09. The lowest BCUT2D eigenvalue weighted by atomic mass is 10.1. The molecule has 8 nitrogen and oxygen atoms in total. The predicted octanol–water partition coefficient (Wildman–Crippen LogP) is 1.40. The van der Waals surface area contributed by atoms with E-state index in [-0.39, 0.29) is 11.4 Å². The molecule has 0 N–H and O–H groups in total. The first-order valence-corrected chi connectivity index (χ1v) is 10.00. The maximum atomic E-state index is 13.4. The molecule has 0 aliphatic carbocycles. The summed E-state index contributed by atoms with van der Waals surface area (Å²) in [4.78, 5) is 6.32. The highest BCUT2D eigenvalue weighted by molar-refractivity contribution is 7.89. The van der Waals surface area contributed by atoms with Crippen molar-refractivity contribution >= 4 is 10.0 Å². The third-order valence-corrected chi connectivity index (χ3v) is 6.43. The first kappa shape index (κ1) is 17.8. The molecule has 27 heavy (non-hydrogen) atoms. The number of rotatable bonds is 4. The summed E-state index contributed by atoms with van der Waals surface area (Å²) in [5.74, 6) is 0. The SMILES string of the molecule is CN(C)CCN1Cc2cnnn2-c2ccc(-c3cccnc3)cc2S1(=O)=O. The molecule has 0 amide bonds. The van der Waals surface area contributed by atoms with Gasteiger partial charge in [-0.05, 0) is 37.9 Å². The van der Waals surface area contributed by atoms with E-state index < -0.39 is 10.0 Å². The van der Waals surface area contributed by atoms with Crippen LogP contribution in [0, 0.1) is 0 Å². The lowest BCUT2D eigenvalue weighted by Gasteiger charge is -2.22. The first-order chi connectivity index (χ1) is 13.0. The van der Waals surface area contributed by atoms with Gasteiger partial charge in [-0.1, -0.05) is 17.3 Å². The third kappa shape index (κ3) is 3.25. The Hall–Kier alpha value is -2.62. The number of nitrogens with zero attached hydrogens (tertiary/aromatic N) is 6. The molecule has 0 saturated carbocycles. The lowest BCUT2D eigenvalue weighted by molar-refractivity contribution is 0.328. The van der Waals surface area contributed by atoms with Gasteiger partial charge in [0.15, 0.2) is 0 Å². The van der Waals surface area contributed by atoms with Gasteiger partial charge in [-0.2, -0.15) is 4.31 Å². The van der Waals surface area contributed by atoms with E-state index >= 15 is 0 Å². The molecular weight excluding hydrogens is 364 g/mol. The zero-order valence-electron chi connectivity index (χ0n) is 15.1. The molecule has 1 aromatic carbocycles. The normalized spacial score (nSPS) is 16.0. The van der Waals surface area contributed by atoms with Gasteiger partial charge in [0.25, 0.3) is 0 Å². The minimum atomic E-state index is -3.69. The number of fused-ring (bicyclic) bond motifs is 3. The van der Waals surface area contributed by atoms with E-state index in [1.54, 1.807) is 35.4 Å². The van der Waals surface area contributed by atoms with Crippen LogP contribution in [0.25, 0.3) is 16.8 Å². The number of hydrogen-bond donors (Lipinski definition) is 0. The van der Waals surface area contributed by atoms with Crippen molar-refractivity contribution in [3.8, 4) is 16.8 Å². The highest BCUT2D eigenvalue weighted by Crippen LogP contribution is 2.32. The van der Waals surface area contributed by atoms with Crippen LogP contribution in [0.5, 0.6) is 0 Å². The zero-order chi connectivity index (χ0) is 19.0. The van der Waals surface area contributed by atoms with E-state index in [2.05, 4.69) is 15.3 Å². The average Bonchev–Trinajstić information content (AvgIpc) is 3.10. The van der Waals surface area contributed by atoms with Crippen LogP contribution in [0.15, 0.2) is 53.8 Å². The van der Waals surface area contributed by atoms with Gasteiger partial charge >= 0.3 is 0 Å². The molecule has 0 unspecified atom stereocenters. The number of aromatic nitrogens is 4. The van der Waals surface area contributed by atoms with E-state index in [0.717, 1.165) is 16.8 Å². The van der Waals surface area contributed by atoms with Gasteiger partial charge in [0.1, 0.15) is 4.90 Å². The van der Waals surface area contributed by atoms with Crippen LogP contribution in [0.4, 0.5) is 0 Å². The molecule has 2 aromatic heterocycles. The Kier molecular flexibility index (Phi) is 4.50. The highest BCUT2D eigenvalue weighted by Gasteiger charge is 2.33. The molecule has 9 heteroatoms. The molecule has 3 aromatic rings. The largest absolute Gasteiger partial charge is 0.308 e. The minimum Gasteiger partial charge on any atom is -0.308 e. The summed E-state index contributed by atoms with van der Waals surface area (Å²) in [5.41, 5.74) is 2.91. The van der Waals surface area contributed by atoms with Crippen molar-refractivity contribution < 1.29 is 8.42 Å². The van der Waals surface area contributed by atoms with E-state index in [4.69, 9.17) is 0 Å². The van der Waals surface area contributed by atoms with Gasteiger partial charge in [0.2, 0.25) is 10.0 Å². The fraction of sp³-hybridized carbons (Fsp3) is 0.278. The van der Waals surface area contributed by atoms with Gasteiger partial charge in [0.05, 0.1) is 24.1 Å². The van der Waals surface area contributed by atoms with Crippen molar-refractivity contribution in [1.82, 2.24) is 29.2 Å². The van der Waals surface area contributed by atoms with Crippen LogP contribution in [-0.2, 0) is 16.6 Å². The van der Waals surface area contributed by atoms with Crippen LogP contribution in [0.2, 0.25) is 0 Å². The molecule has 0 saturated heterocycles. The Morgan fingerprint density at radius 2 is 2.00 bits per heavy atom. The smallest absolute Gasteiger partial charge is 0.245 e. The summed E-state index contributed by atoms with van der Waals surface area (Å²) >= 11 is 0. The summed E-state index contributed by atoms with van der Waals surface area (Å²) in [6.07, 6.45) is 5.02. The van der Waals surface area contributed by atoms with Crippen LogP contribution in [-0.4, -0.2) is 64.8 Å². The Balaban J connectivity index is 1.88. The van der Waals surface area contributed by atoms with E-state index in [0.29, 0.717) is 18.8 Å². The molecular formula is C18H20N6O2S. The maximum absolute atomic E-state index is 13.4. The van der Waals surface area contributed by atoms with Crippen LogP contribution < -0.4 is 0 Å². The van der Waals surface area contributed by atoms with Gasteiger partial charge in [-0.15, -0.1) is 5.10 Å². The highest BCUT2D eigenvalue weighted by atomic mass is 32.2. The number of hydrogen-bond acceptors (Lipinski definition) is 6. The summed E-state index contributed by atoms with van der Waals surface area (Å²) in [7, 11) is 0.157. The van der Waals surface area contributed by atoms with Crippen molar-refractivity contribution in [2.24, 2.45) is 0 Å². The number of sulfonamides is 1. The molecule has 0 radical (unpaired) electrons. The van der Waals surface area contributed by atoms with Gasteiger partial charge < -0.3 is 4.90 Å². The molecule has 0 bridgehead atoms. The lowest BCUT2D eigenvalue weighted by Crippen LogP contribution is -2.35. The Bertz CT molecular complexity index is 1060. The van der Waals surface area contributed by atoms with E-state index in [1.165, 1.54) is 4.31 Å². The molecule has 0 fully saturated rings. The topological polar surface area (TPSA) is 84.2 Å². The second-order valence-electron chi connectivity index (χ2n) is 6.70. The Labute approximate surface area is 158 Å². The van der Waals surface area contributed by atoms with Crippen molar-refractivity contribution in [3.63, 3.8) is 0 Å². The van der Waals surface area contributed by atoms with Crippen molar-refractivity contribution in [2.45, 2.75) is 11.4 Å². The van der Waals surface area contributed by atoms with Crippen molar-refractivity contribution in [2.75, 3.05) is 27.2 Å². The first-order valence-electron chi connectivity index (χ1n) is 8.56. The van der Waals surface area contributed by atoms with E-state index in [1.807, 2.05) is 37.2 Å². The summed E-state index contributed by atoms with van der Waals surface area (Å²) < 4.78 is 29.9. The minimum absolute atomic E-state index is 0.229. The molecule has 140 valence electrons. The molecule has 1 aliphatic heterocycles. The van der Waals surface area contributed by atoms with E-state index in [9.17, 15) is 8.42 Å². The predicted molar refractivity (Wildman–Crippen MR) is 101 cm³/mol. The molecule has 3 heterocycles. The summed E-state index contributed by atoms with van der Waals surface area (Å²) in [5, 5.41) is 8.08. The quantitative estimate of drug-likeness (QED) is 0.676. The average molecular weight is 384 g/mol. The maximum Gasteiger partial charge on any atom is 0.245 e. The zero-order valence-corrected chi connectivity index (χ0v) is 16.0. The number of pyridine rings is 1. The molecule has 0 spiro atoms. The Morgan fingerprint density at radius 1 is 1.15 bits per heavy atom. The second-order valence-corrected chi connectivity index (χ2v) is 8.61. The second kappa shape index (κ2) is 6.84. The third-order valence-electron chi connectivity index (χ3n) is 4.56. The molecule has 0 atom stereocenters. The van der Waals surface area contributed by atoms with Crippen molar-refractivity contribution in [3.05, 3.63) is 54.6 Å². The van der Waals surface area contributed by atoms with Crippen LogP contribution in [0.3, 0.4) is 0 Å². The van der Waals surface area contributed by atoms with Gasteiger partial charge in [0, 0.05) is 31.0 Å². The van der Waals surface area contributed by atoms with Gasteiger partial charge in [-0.25, -0.2) is 13.1 Å². The standard InChI is InChI=1S/C18H20N6O2S/c1-22(2)8-9-23-13-16-12-20-21-24(16)17-6-5-14(10-18(17)27(23,25)26)15-4-3-7-19-11-15/h3-7,10-12H,8-9,13H2,1-2H3. The van der Waals surface area contributed by atoms with Crippen molar-refractivity contribution in [1.29, 1.82) is 0 Å².